The van der Waals surface area contributed by atoms with Crippen LogP contribution in [0.1, 0.15) is 18.5 Å². The molecule has 0 aliphatic rings. The van der Waals surface area contributed by atoms with E-state index >= 15 is 0 Å². The first-order valence-corrected chi connectivity index (χ1v) is 8.31. The lowest BCUT2D eigenvalue weighted by molar-refractivity contribution is -0.119. The fourth-order valence-corrected chi connectivity index (χ4v) is 2.93. The molecule has 0 saturated carbocycles. The molecule has 23 heavy (non-hydrogen) atoms. The molecule has 0 radical (unpaired) electrons. The van der Waals surface area contributed by atoms with Crippen LogP contribution in [0.25, 0.3) is 0 Å². The molecule has 0 aliphatic carbocycles. The molecular formula is C18H21NO3S. The maximum absolute atomic E-state index is 12.2. The molecule has 0 bridgehead atoms. The van der Waals surface area contributed by atoms with Crippen LogP contribution in [0, 0.1) is 0 Å². The number of methoxy groups -OCH3 is 2. The molecule has 0 unspecified atom stereocenters. The standard InChI is InChI=1S/C18H21NO3S/c1-13(16-11-14(21-2)9-10-17(16)22-3)19-18(20)12-23-15-7-5-4-6-8-15/h4-11,13H,12H2,1-3H3,(H,19,20)/t13-/m0/s1. The third kappa shape index (κ3) is 4.93. The van der Waals surface area contributed by atoms with E-state index in [1.54, 1.807) is 14.2 Å². The monoisotopic (exact) mass is 331 g/mol. The van der Waals surface area contributed by atoms with Gasteiger partial charge in [0, 0.05) is 10.5 Å². The summed E-state index contributed by atoms with van der Waals surface area (Å²) in [6, 6.07) is 15.3. The maximum atomic E-state index is 12.2. The fourth-order valence-electron chi connectivity index (χ4n) is 2.20. The minimum absolute atomic E-state index is 0.0174. The Morgan fingerprint density at radius 3 is 2.52 bits per heavy atom. The van der Waals surface area contributed by atoms with Crippen molar-refractivity contribution in [3.05, 3.63) is 54.1 Å². The Hall–Kier alpha value is -2.14. The topological polar surface area (TPSA) is 47.6 Å². The second-order valence-electron chi connectivity index (χ2n) is 5.00. The van der Waals surface area contributed by atoms with Gasteiger partial charge in [-0.2, -0.15) is 0 Å². The van der Waals surface area contributed by atoms with Crippen LogP contribution in [0.3, 0.4) is 0 Å². The second-order valence-corrected chi connectivity index (χ2v) is 6.05. The summed E-state index contributed by atoms with van der Waals surface area (Å²) in [5.74, 6) is 1.83. The quantitative estimate of drug-likeness (QED) is 0.786. The molecule has 1 N–H and O–H groups in total. The first-order chi connectivity index (χ1) is 11.1. The molecule has 122 valence electrons. The van der Waals surface area contributed by atoms with Crippen molar-refractivity contribution in [1.29, 1.82) is 0 Å². The normalized spacial score (nSPS) is 11.6. The van der Waals surface area contributed by atoms with E-state index in [-0.39, 0.29) is 11.9 Å². The molecule has 5 heteroatoms. The number of thioether (sulfide) groups is 1. The number of hydrogen-bond acceptors (Lipinski definition) is 4. The van der Waals surface area contributed by atoms with Crippen LogP contribution in [-0.4, -0.2) is 25.9 Å². The lowest BCUT2D eigenvalue weighted by Crippen LogP contribution is -2.28. The van der Waals surface area contributed by atoms with Crippen molar-refractivity contribution in [1.82, 2.24) is 5.32 Å². The van der Waals surface area contributed by atoms with E-state index in [9.17, 15) is 4.79 Å². The fraction of sp³-hybridized carbons (Fsp3) is 0.278. The lowest BCUT2D eigenvalue weighted by atomic mass is 10.1. The van der Waals surface area contributed by atoms with Gasteiger partial charge in [0.1, 0.15) is 11.5 Å². The van der Waals surface area contributed by atoms with Gasteiger partial charge in [0.2, 0.25) is 5.91 Å². The Kier molecular flexibility index (Phi) is 6.35. The molecule has 0 aromatic heterocycles. The Morgan fingerprint density at radius 2 is 1.87 bits per heavy atom. The van der Waals surface area contributed by atoms with Crippen molar-refractivity contribution in [3.63, 3.8) is 0 Å². The average molecular weight is 331 g/mol. The third-order valence-corrected chi connectivity index (χ3v) is 4.41. The first-order valence-electron chi connectivity index (χ1n) is 7.33. The van der Waals surface area contributed by atoms with E-state index in [4.69, 9.17) is 9.47 Å². The number of carbonyl (C=O) groups excluding carboxylic acids is 1. The summed E-state index contributed by atoms with van der Waals surface area (Å²) in [6.07, 6.45) is 0. The van der Waals surface area contributed by atoms with Crippen molar-refractivity contribution >= 4 is 17.7 Å². The van der Waals surface area contributed by atoms with E-state index < -0.39 is 0 Å². The molecule has 4 nitrogen and oxygen atoms in total. The van der Waals surface area contributed by atoms with Gasteiger partial charge in [0.05, 0.1) is 26.0 Å². The predicted octanol–water partition coefficient (Wildman–Crippen LogP) is 3.67. The van der Waals surface area contributed by atoms with Crippen molar-refractivity contribution in [2.75, 3.05) is 20.0 Å². The van der Waals surface area contributed by atoms with Gasteiger partial charge in [0.25, 0.3) is 0 Å². The summed E-state index contributed by atoms with van der Waals surface area (Å²) in [4.78, 5) is 13.2. The Balaban J connectivity index is 1.98. The highest BCUT2D eigenvalue weighted by Crippen LogP contribution is 2.29. The zero-order valence-corrected chi connectivity index (χ0v) is 14.4. The number of ether oxygens (including phenoxy) is 2. The van der Waals surface area contributed by atoms with Crippen molar-refractivity contribution in [3.8, 4) is 11.5 Å². The highest BCUT2D eigenvalue weighted by atomic mass is 32.2. The summed E-state index contributed by atoms with van der Waals surface area (Å²) < 4.78 is 10.6. The molecule has 1 amide bonds. The Morgan fingerprint density at radius 1 is 1.13 bits per heavy atom. The van der Waals surface area contributed by atoms with Crippen LogP contribution in [0.15, 0.2) is 53.4 Å². The summed E-state index contributed by atoms with van der Waals surface area (Å²) in [6.45, 7) is 1.93. The lowest BCUT2D eigenvalue weighted by Gasteiger charge is -2.18. The molecule has 0 spiro atoms. The van der Waals surface area contributed by atoms with Gasteiger partial charge < -0.3 is 14.8 Å². The van der Waals surface area contributed by atoms with E-state index in [0.29, 0.717) is 5.75 Å². The zero-order chi connectivity index (χ0) is 16.7. The van der Waals surface area contributed by atoms with Crippen molar-refractivity contribution in [2.24, 2.45) is 0 Å². The number of hydrogen-bond donors (Lipinski definition) is 1. The van der Waals surface area contributed by atoms with Gasteiger partial charge in [-0.1, -0.05) is 18.2 Å². The van der Waals surface area contributed by atoms with Crippen LogP contribution < -0.4 is 14.8 Å². The van der Waals surface area contributed by atoms with Gasteiger partial charge in [-0.3, -0.25) is 4.79 Å². The molecule has 2 aromatic rings. The molecule has 1 atom stereocenters. The summed E-state index contributed by atoms with van der Waals surface area (Å²) in [5, 5.41) is 3.00. The number of rotatable bonds is 7. The first kappa shape index (κ1) is 17.2. The number of amides is 1. The number of carbonyl (C=O) groups is 1. The molecule has 0 heterocycles. The van der Waals surface area contributed by atoms with E-state index in [0.717, 1.165) is 22.0 Å². The minimum atomic E-state index is -0.163. The van der Waals surface area contributed by atoms with E-state index in [1.807, 2.05) is 55.5 Å². The van der Waals surface area contributed by atoms with Gasteiger partial charge in [-0.05, 0) is 37.3 Å². The van der Waals surface area contributed by atoms with E-state index in [2.05, 4.69) is 5.32 Å². The SMILES string of the molecule is COc1ccc(OC)c([C@H](C)NC(=O)CSc2ccccc2)c1. The van der Waals surface area contributed by atoms with Gasteiger partial charge in [-0.25, -0.2) is 0 Å². The third-order valence-electron chi connectivity index (χ3n) is 3.39. The second kappa shape index (κ2) is 8.48. The smallest absolute Gasteiger partial charge is 0.230 e. The highest BCUT2D eigenvalue weighted by molar-refractivity contribution is 8.00. The number of nitrogens with one attached hydrogen (secondary N) is 1. The van der Waals surface area contributed by atoms with Crippen LogP contribution >= 0.6 is 11.8 Å². The molecule has 2 rings (SSSR count). The van der Waals surface area contributed by atoms with Gasteiger partial charge in [0.15, 0.2) is 0 Å². The van der Waals surface area contributed by atoms with Gasteiger partial charge >= 0.3 is 0 Å². The van der Waals surface area contributed by atoms with Crippen LogP contribution in [0.4, 0.5) is 0 Å². The Labute approximate surface area is 141 Å². The molecule has 2 aromatic carbocycles. The predicted molar refractivity (Wildman–Crippen MR) is 93.3 cm³/mol. The summed E-state index contributed by atoms with van der Waals surface area (Å²) in [5.41, 5.74) is 0.893. The van der Waals surface area contributed by atoms with Gasteiger partial charge in [-0.15, -0.1) is 11.8 Å². The molecular weight excluding hydrogens is 310 g/mol. The highest BCUT2D eigenvalue weighted by Gasteiger charge is 2.15. The summed E-state index contributed by atoms with van der Waals surface area (Å²) >= 11 is 1.52. The largest absolute Gasteiger partial charge is 0.497 e. The van der Waals surface area contributed by atoms with Crippen molar-refractivity contribution in [2.45, 2.75) is 17.9 Å². The maximum Gasteiger partial charge on any atom is 0.230 e. The minimum Gasteiger partial charge on any atom is -0.497 e. The Bertz CT molecular complexity index is 646. The number of benzene rings is 2. The molecule has 0 saturated heterocycles. The zero-order valence-electron chi connectivity index (χ0n) is 13.5. The van der Waals surface area contributed by atoms with Crippen LogP contribution in [-0.2, 0) is 4.79 Å². The summed E-state index contributed by atoms with van der Waals surface area (Å²) in [7, 11) is 3.23. The van der Waals surface area contributed by atoms with Crippen molar-refractivity contribution < 1.29 is 14.3 Å². The van der Waals surface area contributed by atoms with Crippen LogP contribution in [0.5, 0.6) is 11.5 Å². The molecule has 0 aliphatic heterocycles. The van der Waals surface area contributed by atoms with E-state index in [1.165, 1.54) is 11.8 Å². The molecule has 0 fully saturated rings. The van der Waals surface area contributed by atoms with Crippen LogP contribution in [0.2, 0.25) is 0 Å². The average Bonchev–Trinajstić information content (AvgIpc) is 2.60.